The van der Waals surface area contributed by atoms with Gasteiger partial charge in [0.25, 0.3) is 5.91 Å². The largest absolute Gasteiger partial charge is 0.496 e. The molecule has 0 aromatic heterocycles. The molecule has 0 saturated heterocycles. The molecule has 2 aromatic rings. The van der Waals surface area contributed by atoms with E-state index in [1.165, 1.54) is 25.3 Å². The van der Waals surface area contributed by atoms with Gasteiger partial charge in [0, 0.05) is 9.13 Å². The van der Waals surface area contributed by atoms with Crippen LogP contribution in [0, 0.1) is 9.39 Å². The van der Waals surface area contributed by atoms with Gasteiger partial charge in [-0.05, 0) is 52.9 Å². The molecular formula is C17H15FINO4. The van der Waals surface area contributed by atoms with Crippen LogP contribution in [0.3, 0.4) is 0 Å². The Bertz CT molecular complexity index is 751. The minimum Gasteiger partial charge on any atom is -0.496 e. The van der Waals surface area contributed by atoms with Crippen molar-refractivity contribution in [2.24, 2.45) is 0 Å². The molecule has 0 heterocycles. The number of nitrogens with one attached hydrogen (secondary N) is 1. The summed E-state index contributed by atoms with van der Waals surface area (Å²) >= 11 is 2.04. The third-order valence-electron chi connectivity index (χ3n) is 3.14. The number of carbonyl (C=O) groups is 2. The molecule has 0 bridgehead atoms. The van der Waals surface area contributed by atoms with Crippen molar-refractivity contribution in [3.8, 4) is 5.75 Å². The maximum Gasteiger partial charge on any atom is 0.325 e. The maximum atomic E-state index is 13.2. The first-order chi connectivity index (χ1) is 11.5. The van der Waals surface area contributed by atoms with Crippen molar-refractivity contribution in [2.75, 3.05) is 13.7 Å². The number of ether oxygens (including phenoxy) is 2. The summed E-state index contributed by atoms with van der Waals surface area (Å²) in [5, 5.41) is 2.49. The van der Waals surface area contributed by atoms with E-state index in [2.05, 4.69) is 5.32 Å². The molecule has 0 fully saturated rings. The van der Waals surface area contributed by atoms with Crippen molar-refractivity contribution in [1.82, 2.24) is 5.32 Å². The number of rotatable bonds is 6. The SMILES string of the molecule is COc1ccc(F)cc1COC(=O)CNC(=O)c1ccccc1I. The van der Waals surface area contributed by atoms with Crippen molar-refractivity contribution in [1.29, 1.82) is 0 Å². The molecule has 1 amide bonds. The lowest BCUT2D eigenvalue weighted by molar-refractivity contribution is -0.143. The fourth-order valence-electron chi connectivity index (χ4n) is 1.96. The standard InChI is InChI=1S/C17H15FINO4/c1-23-15-7-6-12(18)8-11(15)10-24-16(21)9-20-17(22)13-4-2-3-5-14(13)19/h2-8H,9-10H2,1H3,(H,20,22). The van der Waals surface area contributed by atoms with Crippen LogP contribution in [0.15, 0.2) is 42.5 Å². The quantitative estimate of drug-likeness (QED) is 0.551. The maximum absolute atomic E-state index is 13.2. The van der Waals surface area contributed by atoms with Gasteiger partial charge in [-0.2, -0.15) is 0 Å². The molecule has 2 rings (SSSR count). The molecule has 24 heavy (non-hydrogen) atoms. The number of methoxy groups -OCH3 is 1. The number of halogens is 2. The van der Waals surface area contributed by atoms with Gasteiger partial charge in [0.15, 0.2) is 0 Å². The summed E-state index contributed by atoms with van der Waals surface area (Å²) in [6.07, 6.45) is 0. The van der Waals surface area contributed by atoms with E-state index in [1.807, 2.05) is 28.7 Å². The van der Waals surface area contributed by atoms with Crippen LogP contribution in [0.5, 0.6) is 5.75 Å². The first-order valence-corrected chi connectivity index (χ1v) is 8.10. The summed E-state index contributed by atoms with van der Waals surface area (Å²) in [6.45, 7) is -0.417. The van der Waals surface area contributed by atoms with Gasteiger partial charge in [-0.15, -0.1) is 0 Å². The Hall–Kier alpha value is -2.16. The number of hydrogen-bond acceptors (Lipinski definition) is 4. The number of benzene rings is 2. The minimum absolute atomic E-state index is 0.140. The molecule has 0 aliphatic rings. The molecule has 7 heteroatoms. The monoisotopic (exact) mass is 443 g/mol. The highest BCUT2D eigenvalue weighted by atomic mass is 127. The smallest absolute Gasteiger partial charge is 0.325 e. The van der Waals surface area contributed by atoms with Gasteiger partial charge in [0.05, 0.1) is 12.7 Å². The van der Waals surface area contributed by atoms with E-state index in [4.69, 9.17) is 9.47 Å². The third kappa shape index (κ3) is 4.92. The zero-order chi connectivity index (χ0) is 17.5. The molecule has 5 nitrogen and oxygen atoms in total. The summed E-state index contributed by atoms with van der Waals surface area (Å²) in [4.78, 5) is 23.7. The van der Waals surface area contributed by atoms with E-state index in [9.17, 15) is 14.0 Å². The molecule has 0 spiro atoms. The van der Waals surface area contributed by atoms with Gasteiger partial charge in [-0.1, -0.05) is 12.1 Å². The highest BCUT2D eigenvalue weighted by Gasteiger charge is 2.12. The molecule has 0 unspecified atom stereocenters. The second kappa shape index (κ2) is 8.62. The average molecular weight is 443 g/mol. The Labute approximate surface area is 152 Å². The third-order valence-corrected chi connectivity index (χ3v) is 4.08. The first-order valence-electron chi connectivity index (χ1n) is 7.02. The number of esters is 1. The van der Waals surface area contributed by atoms with Gasteiger partial charge in [0.1, 0.15) is 24.7 Å². The van der Waals surface area contributed by atoms with Gasteiger partial charge in [0.2, 0.25) is 0 Å². The van der Waals surface area contributed by atoms with Crippen LogP contribution in [0.25, 0.3) is 0 Å². The Balaban J connectivity index is 1.87. The van der Waals surface area contributed by atoms with Crippen molar-refractivity contribution >= 4 is 34.5 Å². The van der Waals surface area contributed by atoms with E-state index < -0.39 is 11.8 Å². The van der Waals surface area contributed by atoms with Crippen LogP contribution >= 0.6 is 22.6 Å². The lowest BCUT2D eigenvalue weighted by Crippen LogP contribution is -2.31. The highest BCUT2D eigenvalue weighted by molar-refractivity contribution is 14.1. The fourth-order valence-corrected chi connectivity index (χ4v) is 2.59. The topological polar surface area (TPSA) is 64.6 Å². The Morgan fingerprint density at radius 2 is 1.96 bits per heavy atom. The zero-order valence-electron chi connectivity index (χ0n) is 12.8. The van der Waals surface area contributed by atoms with Crippen LogP contribution in [-0.2, 0) is 16.1 Å². The predicted octanol–water partition coefficient (Wildman–Crippen LogP) is 2.91. The van der Waals surface area contributed by atoms with Crippen LogP contribution in [0.1, 0.15) is 15.9 Å². The van der Waals surface area contributed by atoms with Crippen LogP contribution in [0.2, 0.25) is 0 Å². The van der Waals surface area contributed by atoms with Gasteiger partial charge >= 0.3 is 5.97 Å². The second-order valence-electron chi connectivity index (χ2n) is 4.78. The van der Waals surface area contributed by atoms with Crippen molar-refractivity contribution < 1.29 is 23.5 Å². The van der Waals surface area contributed by atoms with E-state index in [0.717, 1.165) is 3.57 Å². The normalized spacial score (nSPS) is 10.1. The lowest BCUT2D eigenvalue weighted by atomic mass is 10.2. The first kappa shape index (κ1) is 18.2. The van der Waals surface area contributed by atoms with E-state index in [0.29, 0.717) is 16.9 Å². The molecule has 0 atom stereocenters. The molecule has 0 radical (unpaired) electrons. The molecule has 0 aliphatic carbocycles. The van der Waals surface area contributed by atoms with Gasteiger partial charge < -0.3 is 14.8 Å². The van der Waals surface area contributed by atoms with Crippen LogP contribution in [-0.4, -0.2) is 25.5 Å². The van der Waals surface area contributed by atoms with Crippen molar-refractivity contribution in [3.05, 3.63) is 63.0 Å². The Morgan fingerprint density at radius 3 is 2.67 bits per heavy atom. The zero-order valence-corrected chi connectivity index (χ0v) is 15.0. The summed E-state index contributed by atoms with van der Waals surface area (Å²) in [5.74, 6) is -1.01. The summed E-state index contributed by atoms with van der Waals surface area (Å²) in [6, 6.07) is 11.0. The van der Waals surface area contributed by atoms with Crippen LogP contribution < -0.4 is 10.1 Å². The number of amides is 1. The Morgan fingerprint density at radius 1 is 1.21 bits per heavy atom. The summed E-state index contributed by atoms with van der Waals surface area (Å²) in [7, 11) is 1.44. The van der Waals surface area contributed by atoms with Gasteiger partial charge in [-0.25, -0.2) is 4.39 Å². The highest BCUT2D eigenvalue weighted by Crippen LogP contribution is 2.20. The van der Waals surface area contributed by atoms with Crippen molar-refractivity contribution in [3.63, 3.8) is 0 Å². The molecule has 126 valence electrons. The summed E-state index contributed by atoms with van der Waals surface area (Å²) in [5.41, 5.74) is 0.896. The van der Waals surface area contributed by atoms with E-state index in [1.54, 1.807) is 18.2 Å². The molecule has 0 aliphatic heterocycles. The number of hydrogen-bond donors (Lipinski definition) is 1. The summed E-state index contributed by atoms with van der Waals surface area (Å²) < 4.78 is 24.1. The lowest BCUT2D eigenvalue weighted by Gasteiger charge is -2.10. The molecule has 0 saturated carbocycles. The average Bonchev–Trinajstić information content (AvgIpc) is 2.58. The predicted molar refractivity (Wildman–Crippen MR) is 94.2 cm³/mol. The molecule has 2 aromatic carbocycles. The molecular weight excluding hydrogens is 428 g/mol. The fraction of sp³-hybridized carbons (Fsp3) is 0.176. The van der Waals surface area contributed by atoms with Crippen LogP contribution in [0.4, 0.5) is 4.39 Å². The second-order valence-corrected chi connectivity index (χ2v) is 5.94. The minimum atomic E-state index is -0.624. The Kier molecular flexibility index (Phi) is 6.53. The van der Waals surface area contributed by atoms with Crippen molar-refractivity contribution in [2.45, 2.75) is 6.61 Å². The number of carbonyl (C=O) groups excluding carboxylic acids is 2. The van der Waals surface area contributed by atoms with Gasteiger partial charge in [-0.3, -0.25) is 9.59 Å². The van der Waals surface area contributed by atoms with E-state index in [-0.39, 0.29) is 19.1 Å². The molecule has 1 N–H and O–H groups in total. The van der Waals surface area contributed by atoms with E-state index >= 15 is 0 Å².